The minimum atomic E-state index is -3.82. The first kappa shape index (κ1) is 26.5. The lowest BCUT2D eigenvalue weighted by Gasteiger charge is -2.24. The van der Waals surface area contributed by atoms with E-state index < -0.39 is 27.7 Å². The highest BCUT2D eigenvalue weighted by Crippen LogP contribution is 2.54. The Labute approximate surface area is 221 Å². The van der Waals surface area contributed by atoms with Crippen molar-refractivity contribution in [3.63, 3.8) is 0 Å². The highest BCUT2D eigenvalue weighted by molar-refractivity contribution is 8.00. The number of aromatic nitrogens is 3. The van der Waals surface area contributed by atoms with E-state index in [0.29, 0.717) is 33.3 Å². The molecule has 0 unspecified atom stereocenters. The van der Waals surface area contributed by atoms with Crippen LogP contribution in [0.5, 0.6) is 11.5 Å². The normalized spacial score (nSPS) is 17.2. The lowest BCUT2D eigenvalue weighted by Crippen LogP contribution is -2.17. The fourth-order valence-corrected chi connectivity index (χ4v) is 5.93. The van der Waals surface area contributed by atoms with Gasteiger partial charge in [-0.2, -0.15) is 8.78 Å². The van der Waals surface area contributed by atoms with Crippen LogP contribution in [0.2, 0.25) is 5.02 Å². The molecule has 12 heteroatoms. The average Bonchev–Trinajstić information content (AvgIpc) is 3.21. The second kappa shape index (κ2) is 10.4. The van der Waals surface area contributed by atoms with Crippen LogP contribution in [0.4, 0.5) is 8.78 Å². The maximum absolute atomic E-state index is 14.5. The maximum Gasteiger partial charge on any atom is 0.382 e. The Morgan fingerprint density at radius 1 is 1.17 bits per heavy atom. The van der Waals surface area contributed by atoms with Gasteiger partial charge in [-0.3, -0.25) is 9.36 Å². The summed E-state index contributed by atoms with van der Waals surface area (Å²) in [6, 6.07) is 10.3. The molecule has 0 amide bonds. The van der Waals surface area contributed by atoms with Crippen molar-refractivity contribution in [1.29, 1.82) is 0 Å². The number of nitrogens with zero attached hydrogens (tertiary/aromatic N) is 3. The van der Waals surface area contributed by atoms with E-state index in [9.17, 15) is 13.6 Å². The number of esters is 1. The molecular formula is C24H23Cl2F2N3O4S. The number of halogens is 4. The number of rotatable bonds is 7. The van der Waals surface area contributed by atoms with Crippen LogP contribution in [0.3, 0.4) is 0 Å². The Hall–Kier alpha value is -2.56. The van der Waals surface area contributed by atoms with Gasteiger partial charge in [0.2, 0.25) is 5.82 Å². The number of methoxy groups -OCH3 is 2. The van der Waals surface area contributed by atoms with Gasteiger partial charge in [-0.1, -0.05) is 23.7 Å². The lowest BCUT2D eigenvalue weighted by molar-refractivity contribution is -0.147. The van der Waals surface area contributed by atoms with E-state index in [0.717, 1.165) is 0 Å². The first-order valence-corrected chi connectivity index (χ1v) is 12.6. The number of fused-ring (bicyclic) bond motifs is 3. The summed E-state index contributed by atoms with van der Waals surface area (Å²) in [5, 5.41) is 3.10. The van der Waals surface area contributed by atoms with Crippen LogP contribution in [0.15, 0.2) is 36.4 Å². The Kier molecular flexibility index (Phi) is 7.68. The van der Waals surface area contributed by atoms with Crippen LogP contribution in [-0.4, -0.2) is 41.1 Å². The fraction of sp³-hybridized carbons (Fsp3) is 0.375. The molecule has 192 valence electrons. The van der Waals surface area contributed by atoms with Crippen molar-refractivity contribution >= 4 is 40.9 Å². The molecule has 7 nitrogen and oxygen atoms in total. The zero-order valence-electron chi connectivity index (χ0n) is 19.8. The molecule has 3 aromatic rings. The maximum atomic E-state index is 14.5. The minimum Gasteiger partial charge on any atom is -0.493 e. The molecule has 0 bridgehead atoms. The second-order valence-electron chi connectivity index (χ2n) is 8.25. The Morgan fingerprint density at radius 2 is 1.92 bits per heavy atom. The molecule has 36 heavy (non-hydrogen) atoms. The number of thioether (sulfide) groups is 1. The first-order valence-electron chi connectivity index (χ1n) is 10.9. The molecule has 2 aromatic carbocycles. The van der Waals surface area contributed by atoms with E-state index >= 15 is 0 Å². The standard InChI is InChI=1S/C24H23Cl2F2N3O4S/c1-12(2)35-19(32)11-18-22-29-30-23(24(26,27)28)31(22)16-9-8-13(25)10-15(16)21(36-18)14-6-5-7-17(33-3)20(14)34-4/h5-10,12,18,21H,11H2,1-4H3/t18-,21-/m1/s1. The molecule has 4 rings (SSSR count). The molecule has 1 aromatic heterocycles. The molecule has 2 heterocycles. The predicted octanol–water partition coefficient (Wildman–Crippen LogP) is 6.45. The van der Waals surface area contributed by atoms with Crippen molar-refractivity contribution in [3.05, 3.63) is 64.2 Å². The third-order valence-corrected chi connectivity index (χ3v) is 7.37. The molecule has 0 fully saturated rings. The van der Waals surface area contributed by atoms with Crippen LogP contribution in [-0.2, 0) is 14.9 Å². The SMILES string of the molecule is COc1cccc([C@H]2S[C@H](CC(=O)OC(C)C)c3nnc(C(F)(F)Cl)n3-c3ccc(Cl)cc32)c1OC. The van der Waals surface area contributed by atoms with Gasteiger partial charge in [0.05, 0.1) is 42.9 Å². The molecule has 0 radical (unpaired) electrons. The van der Waals surface area contributed by atoms with Crippen LogP contribution < -0.4 is 9.47 Å². The van der Waals surface area contributed by atoms with Crippen LogP contribution in [0.1, 0.15) is 53.5 Å². The average molecular weight is 558 g/mol. The molecule has 1 aliphatic heterocycles. The van der Waals surface area contributed by atoms with Gasteiger partial charge in [0.25, 0.3) is 0 Å². The molecule has 0 aliphatic carbocycles. The zero-order valence-corrected chi connectivity index (χ0v) is 22.1. The summed E-state index contributed by atoms with van der Waals surface area (Å²) in [7, 11) is 3.04. The molecule has 0 saturated heterocycles. The topological polar surface area (TPSA) is 75.5 Å². The van der Waals surface area contributed by atoms with E-state index in [1.165, 1.54) is 30.5 Å². The summed E-state index contributed by atoms with van der Waals surface area (Å²) in [5.41, 5.74) is 1.64. The van der Waals surface area contributed by atoms with Gasteiger partial charge in [-0.25, -0.2) is 0 Å². The Morgan fingerprint density at radius 3 is 2.56 bits per heavy atom. The monoisotopic (exact) mass is 557 g/mol. The second-order valence-corrected chi connectivity index (χ2v) is 10.5. The van der Waals surface area contributed by atoms with E-state index in [2.05, 4.69) is 10.2 Å². The molecule has 2 atom stereocenters. The highest BCUT2D eigenvalue weighted by atomic mass is 35.5. The van der Waals surface area contributed by atoms with Gasteiger partial charge < -0.3 is 14.2 Å². The lowest BCUT2D eigenvalue weighted by atomic mass is 10.0. The number of benzene rings is 2. The molecular weight excluding hydrogens is 535 g/mol. The van der Waals surface area contributed by atoms with Gasteiger partial charge >= 0.3 is 11.4 Å². The summed E-state index contributed by atoms with van der Waals surface area (Å²) in [5.74, 6) is -0.163. The van der Waals surface area contributed by atoms with E-state index in [1.54, 1.807) is 44.2 Å². The predicted molar refractivity (Wildman–Crippen MR) is 134 cm³/mol. The largest absolute Gasteiger partial charge is 0.493 e. The van der Waals surface area contributed by atoms with Crippen molar-refractivity contribution in [3.8, 4) is 17.2 Å². The number of para-hydroxylation sites is 1. The van der Waals surface area contributed by atoms with Crippen molar-refractivity contribution < 1.29 is 27.8 Å². The number of hydrogen-bond donors (Lipinski definition) is 0. The van der Waals surface area contributed by atoms with Crippen molar-refractivity contribution in [2.24, 2.45) is 0 Å². The van der Waals surface area contributed by atoms with E-state index in [1.807, 2.05) is 6.07 Å². The van der Waals surface area contributed by atoms with E-state index in [4.69, 9.17) is 37.4 Å². The van der Waals surface area contributed by atoms with Gasteiger partial charge in [-0.05, 0) is 55.3 Å². The summed E-state index contributed by atoms with van der Waals surface area (Å²) >= 11 is 13.1. The number of ether oxygens (including phenoxy) is 3. The molecule has 0 N–H and O–H groups in total. The molecule has 0 spiro atoms. The van der Waals surface area contributed by atoms with Gasteiger partial charge in [0.15, 0.2) is 17.3 Å². The van der Waals surface area contributed by atoms with Gasteiger partial charge in [0.1, 0.15) is 0 Å². The Bertz CT molecular complexity index is 1280. The number of alkyl halides is 3. The summed E-state index contributed by atoms with van der Waals surface area (Å²) < 4.78 is 46.6. The summed E-state index contributed by atoms with van der Waals surface area (Å²) in [6.07, 6.45) is -0.488. The third kappa shape index (κ3) is 5.12. The molecule has 0 saturated carbocycles. The summed E-state index contributed by atoms with van der Waals surface area (Å²) in [4.78, 5) is 12.7. The number of carbonyl (C=O) groups is 1. The van der Waals surface area contributed by atoms with Gasteiger partial charge in [-0.15, -0.1) is 22.0 Å². The minimum absolute atomic E-state index is 0.140. The number of carbonyl (C=O) groups excluding carboxylic acids is 1. The van der Waals surface area contributed by atoms with Crippen molar-refractivity contribution in [2.45, 2.75) is 42.3 Å². The number of hydrogen-bond acceptors (Lipinski definition) is 7. The van der Waals surface area contributed by atoms with Crippen LogP contribution >= 0.6 is 35.0 Å². The Balaban J connectivity index is 1.98. The quantitative estimate of drug-likeness (QED) is 0.244. The highest BCUT2D eigenvalue weighted by Gasteiger charge is 2.42. The first-order chi connectivity index (χ1) is 17.0. The summed E-state index contributed by atoms with van der Waals surface area (Å²) in [6.45, 7) is 3.46. The third-order valence-electron chi connectivity index (χ3n) is 5.48. The van der Waals surface area contributed by atoms with Crippen LogP contribution in [0.25, 0.3) is 5.69 Å². The molecule has 1 aliphatic rings. The van der Waals surface area contributed by atoms with Crippen LogP contribution in [0, 0.1) is 0 Å². The zero-order chi connectivity index (χ0) is 26.2. The van der Waals surface area contributed by atoms with Gasteiger partial charge in [0, 0.05) is 10.6 Å². The fourth-order valence-electron chi connectivity index (χ4n) is 4.12. The smallest absolute Gasteiger partial charge is 0.382 e. The van der Waals surface area contributed by atoms with E-state index in [-0.39, 0.29) is 18.3 Å². The van der Waals surface area contributed by atoms with Crippen molar-refractivity contribution in [2.75, 3.05) is 14.2 Å². The van der Waals surface area contributed by atoms with Crippen molar-refractivity contribution in [1.82, 2.24) is 14.8 Å².